The standard InChI is InChI=1S/C41H62N6O9/c1-24(49)55-36-15-30(50)6-9-41(22-44-40(42)45-23-46-17-25-11-28(19-46)34(21-48)47(18-25)20-38(41)52)8-5-26-3-2-4-29-14-31(7-10-43-29)56-37-13-27(12-32(26)36)33(39(53)54)16-35(37)51/h13,16,25-26,28-32,34,36,38-39,43,48,50-54H,2-4,6-7,9-12,14-15,17-23H2,1H3,(H3,42,44,45). The number of guanidine groups is 1. The Morgan fingerprint density at radius 3 is 2.75 bits per heavy atom. The summed E-state index contributed by atoms with van der Waals surface area (Å²) in [4.78, 5) is 21.9. The van der Waals surface area contributed by atoms with Crippen LogP contribution in [0.2, 0.25) is 0 Å². The summed E-state index contributed by atoms with van der Waals surface area (Å²) in [5.74, 6) is 6.64. The first-order valence-electron chi connectivity index (χ1n) is 20.7. The monoisotopic (exact) mass is 782 g/mol. The lowest BCUT2D eigenvalue weighted by Crippen LogP contribution is -2.61. The lowest BCUT2D eigenvalue weighted by molar-refractivity contribution is -0.152. The SMILES string of the molecule is CC(=O)OC1CC(O)CCC2(C#CC3CCCC4CC(CCN4)Oc4cc(c(C(O)O)cc4O)CC31)CNC(N)=NCN1CC3CC(C1)C(CO)N(C3)CC2O. The molecule has 0 aromatic heterocycles. The third kappa shape index (κ3) is 9.40. The molecule has 1 aromatic rings. The van der Waals surface area contributed by atoms with Crippen molar-refractivity contribution in [1.82, 2.24) is 20.4 Å². The Bertz CT molecular complexity index is 1640. The summed E-state index contributed by atoms with van der Waals surface area (Å²) in [6.07, 6.45) is 0.811. The van der Waals surface area contributed by atoms with E-state index in [0.29, 0.717) is 31.0 Å². The molecule has 10 N–H and O–H groups in total. The van der Waals surface area contributed by atoms with Gasteiger partial charge in [-0.2, -0.15) is 0 Å². The summed E-state index contributed by atoms with van der Waals surface area (Å²) in [5, 5.41) is 73.8. The highest BCUT2D eigenvalue weighted by atomic mass is 16.5. The number of benzene rings is 1. The number of piperidine rings is 3. The highest BCUT2D eigenvalue weighted by Crippen LogP contribution is 2.41. The zero-order valence-electron chi connectivity index (χ0n) is 32.6. The molecular weight excluding hydrogens is 720 g/mol. The highest BCUT2D eigenvalue weighted by Gasteiger charge is 2.46. The molecule has 0 amide bonds. The van der Waals surface area contributed by atoms with Crippen molar-refractivity contribution in [3.05, 3.63) is 23.3 Å². The van der Waals surface area contributed by atoms with Crippen LogP contribution < -0.4 is 21.1 Å². The minimum Gasteiger partial charge on any atom is -0.504 e. The molecule has 0 saturated carbocycles. The Labute approximate surface area is 329 Å². The van der Waals surface area contributed by atoms with E-state index in [-0.39, 0.29) is 86.1 Å². The van der Waals surface area contributed by atoms with Crippen LogP contribution in [-0.2, 0) is 16.0 Å². The smallest absolute Gasteiger partial charge is 0.302 e. The van der Waals surface area contributed by atoms with Gasteiger partial charge < -0.3 is 56.5 Å². The number of carbonyl (C=O) groups is 1. The molecule has 56 heavy (non-hydrogen) atoms. The van der Waals surface area contributed by atoms with E-state index in [1.807, 2.05) is 0 Å². The summed E-state index contributed by atoms with van der Waals surface area (Å²) in [6, 6.07) is 3.02. The maximum Gasteiger partial charge on any atom is 0.302 e. The summed E-state index contributed by atoms with van der Waals surface area (Å²) in [5.41, 5.74) is 5.99. The summed E-state index contributed by atoms with van der Waals surface area (Å²) in [7, 11) is 0. The van der Waals surface area contributed by atoms with Gasteiger partial charge in [-0.05, 0) is 87.4 Å². The number of phenolic OH excluding ortho intramolecular Hbond substituents is 1. The Hall–Kier alpha value is -3.20. The first-order valence-corrected chi connectivity index (χ1v) is 20.7. The number of aliphatic hydroxyl groups excluding tert-OH is 4. The van der Waals surface area contributed by atoms with Crippen molar-refractivity contribution in [3.63, 3.8) is 0 Å². The molecule has 6 aliphatic heterocycles. The molecule has 15 heteroatoms. The molecule has 13 atom stereocenters. The van der Waals surface area contributed by atoms with Crippen LogP contribution in [0.15, 0.2) is 17.1 Å². The summed E-state index contributed by atoms with van der Waals surface area (Å²) >= 11 is 0. The van der Waals surface area contributed by atoms with Gasteiger partial charge in [-0.3, -0.25) is 14.6 Å². The Kier molecular flexibility index (Phi) is 13.0. The van der Waals surface area contributed by atoms with Crippen molar-refractivity contribution < 1.29 is 44.9 Å². The van der Waals surface area contributed by atoms with E-state index in [0.717, 1.165) is 58.3 Å². The van der Waals surface area contributed by atoms with Crippen molar-refractivity contribution in [2.45, 2.75) is 114 Å². The van der Waals surface area contributed by atoms with Crippen molar-refractivity contribution in [2.24, 2.45) is 39.8 Å². The van der Waals surface area contributed by atoms with Gasteiger partial charge in [0.1, 0.15) is 12.2 Å². The fourth-order valence-corrected chi connectivity index (χ4v) is 10.5. The maximum absolute atomic E-state index is 12.7. The number of nitrogens with zero attached hydrogens (tertiary/aromatic N) is 3. The number of aliphatic imine (C=N–C) groups is 1. The number of aliphatic hydroxyl groups is 5. The molecule has 8 bridgehead atoms. The van der Waals surface area contributed by atoms with E-state index in [2.05, 4.69) is 37.3 Å². The Morgan fingerprint density at radius 1 is 1.12 bits per heavy atom. The molecule has 8 rings (SSSR count). The first-order chi connectivity index (χ1) is 26.9. The third-order valence-corrected chi connectivity index (χ3v) is 13.4. The molecule has 3 saturated heterocycles. The number of nitrogens with two attached hydrogens (primary N) is 1. The zero-order chi connectivity index (χ0) is 39.6. The molecular formula is C41H62N6O9. The third-order valence-electron chi connectivity index (χ3n) is 13.4. The maximum atomic E-state index is 12.7. The van der Waals surface area contributed by atoms with E-state index in [4.69, 9.17) is 15.2 Å². The van der Waals surface area contributed by atoms with E-state index in [1.165, 1.54) is 13.0 Å². The van der Waals surface area contributed by atoms with Crippen LogP contribution >= 0.6 is 0 Å². The summed E-state index contributed by atoms with van der Waals surface area (Å²) < 4.78 is 12.4. The highest BCUT2D eigenvalue weighted by molar-refractivity contribution is 5.77. The lowest BCUT2D eigenvalue weighted by atomic mass is 9.72. The summed E-state index contributed by atoms with van der Waals surface area (Å²) in [6.45, 7) is 5.34. The van der Waals surface area contributed by atoms with E-state index >= 15 is 0 Å². The minimum atomic E-state index is -1.90. The van der Waals surface area contributed by atoms with Gasteiger partial charge in [0.15, 0.2) is 23.7 Å². The molecule has 1 aromatic carbocycles. The van der Waals surface area contributed by atoms with Gasteiger partial charge in [-0.1, -0.05) is 18.3 Å². The van der Waals surface area contributed by atoms with E-state index in [9.17, 15) is 35.4 Å². The van der Waals surface area contributed by atoms with Crippen LogP contribution in [0.4, 0.5) is 0 Å². The van der Waals surface area contributed by atoms with Crippen LogP contribution in [0.25, 0.3) is 0 Å². The quantitative estimate of drug-likeness (QED) is 0.113. The van der Waals surface area contributed by atoms with Gasteiger partial charge >= 0.3 is 5.97 Å². The number of phenols is 1. The average Bonchev–Trinajstić information content (AvgIpc) is 3.16. The fraction of sp³-hybridized carbons (Fsp3) is 0.756. The van der Waals surface area contributed by atoms with Crippen LogP contribution in [0, 0.1) is 40.9 Å². The van der Waals surface area contributed by atoms with Gasteiger partial charge in [0.25, 0.3) is 0 Å². The van der Waals surface area contributed by atoms with Crippen LogP contribution in [0.1, 0.15) is 82.1 Å². The van der Waals surface area contributed by atoms with Crippen LogP contribution in [0.5, 0.6) is 11.5 Å². The van der Waals surface area contributed by atoms with E-state index in [1.54, 1.807) is 6.07 Å². The van der Waals surface area contributed by atoms with Crippen LogP contribution in [-0.4, -0.2) is 141 Å². The average molecular weight is 783 g/mol. The number of fused-ring (bicyclic) bond motifs is 9. The molecule has 6 heterocycles. The minimum absolute atomic E-state index is 0.0224. The number of esters is 1. The van der Waals surface area contributed by atoms with Crippen LogP contribution in [0.3, 0.4) is 0 Å². The number of hydrogen-bond acceptors (Lipinski definition) is 15. The molecule has 3 fully saturated rings. The Morgan fingerprint density at radius 2 is 1.96 bits per heavy atom. The number of aromatic hydroxyl groups is 1. The zero-order valence-corrected chi connectivity index (χ0v) is 32.6. The predicted molar refractivity (Wildman–Crippen MR) is 207 cm³/mol. The number of hydrogen-bond donors (Lipinski definition) is 9. The Balaban J connectivity index is 1.33. The second kappa shape index (κ2) is 17.7. The van der Waals surface area contributed by atoms with Gasteiger partial charge in [0, 0.05) is 75.6 Å². The molecule has 0 radical (unpaired) electrons. The van der Waals surface area contributed by atoms with Gasteiger partial charge in [0.05, 0.1) is 30.9 Å². The molecule has 1 aliphatic carbocycles. The van der Waals surface area contributed by atoms with E-state index < -0.39 is 47.8 Å². The lowest BCUT2D eigenvalue weighted by Gasteiger charge is -2.51. The molecule has 1 spiro atoms. The topological polar surface area (TPSA) is 226 Å². The molecule has 15 nitrogen and oxygen atoms in total. The second-order valence-electron chi connectivity index (χ2n) is 17.4. The van der Waals surface area contributed by atoms with Gasteiger partial charge in [-0.15, -0.1) is 0 Å². The van der Waals surface area contributed by atoms with Crippen molar-refractivity contribution in [3.8, 4) is 23.3 Å². The number of nitrogens with one attached hydrogen (secondary N) is 2. The van der Waals surface area contributed by atoms with Gasteiger partial charge in [-0.25, -0.2) is 4.99 Å². The number of carbonyl (C=O) groups excluding carboxylic acids is 1. The van der Waals surface area contributed by atoms with Crippen molar-refractivity contribution in [1.29, 1.82) is 0 Å². The van der Waals surface area contributed by atoms with Gasteiger partial charge in [0.2, 0.25) is 0 Å². The largest absolute Gasteiger partial charge is 0.504 e. The van der Waals surface area contributed by atoms with Crippen molar-refractivity contribution in [2.75, 3.05) is 52.5 Å². The first kappa shape index (κ1) is 41.0. The molecule has 13 unspecified atom stereocenters. The fourth-order valence-electron chi connectivity index (χ4n) is 10.5. The normalized spacial score (nSPS) is 39.2. The number of ether oxygens (including phenoxy) is 2. The molecule has 310 valence electrons. The van der Waals surface area contributed by atoms with Crippen molar-refractivity contribution >= 4 is 11.9 Å². The predicted octanol–water partition coefficient (Wildman–Crippen LogP) is 0.151. The second-order valence-corrected chi connectivity index (χ2v) is 17.4. The molecule has 7 aliphatic rings. The number of rotatable bonds is 3.